The molecule has 3 aromatic carbocycles. The smallest absolute Gasteiger partial charge is 0.301 e. The number of nitrogens with one attached hydrogen (secondary N) is 3. The van der Waals surface area contributed by atoms with Gasteiger partial charge in [0.15, 0.2) is 5.82 Å². The molecule has 20 heteroatoms. The molecular weight excluding hydrogens is 906 g/mol. The van der Waals surface area contributed by atoms with Crippen LogP contribution in [-0.4, -0.2) is 127 Å². The number of aromatic nitrogens is 2. The number of carbonyl (C=O) groups is 4. The van der Waals surface area contributed by atoms with Crippen LogP contribution in [0.4, 0.5) is 24.5 Å². The number of hydrogen-bond donors (Lipinski definition) is 3. The highest BCUT2D eigenvalue weighted by Gasteiger charge is 2.41. The molecule has 4 fully saturated rings. The maximum Gasteiger partial charge on any atom is 0.301 e. The second kappa shape index (κ2) is 18.2. The van der Waals surface area contributed by atoms with Gasteiger partial charge in [-0.05, 0) is 86.1 Å². The van der Waals surface area contributed by atoms with Gasteiger partial charge in [-0.2, -0.15) is 12.7 Å². The Morgan fingerprint density at radius 3 is 2.37 bits per heavy atom. The van der Waals surface area contributed by atoms with E-state index >= 15 is 8.78 Å². The zero-order valence-corrected chi connectivity index (χ0v) is 37.9. The first-order valence-electron chi connectivity index (χ1n) is 22.8. The Balaban J connectivity index is 0.737. The van der Waals surface area contributed by atoms with Crippen LogP contribution in [0.15, 0.2) is 67.0 Å². The maximum atomic E-state index is 15.8. The molecule has 6 heterocycles. The number of anilines is 2. The van der Waals surface area contributed by atoms with E-state index in [1.165, 1.54) is 6.20 Å². The molecular formula is C48H49F3N8O8S. The first-order chi connectivity index (χ1) is 32.7. The summed E-state index contributed by atoms with van der Waals surface area (Å²) in [6, 6.07) is 14.5. The Bertz CT molecular complexity index is 2940. The molecule has 0 spiro atoms. The summed E-state index contributed by atoms with van der Waals surface area (Å²) in [5.41, 5.74) is 2.31. The number of ether oxygens (including phenoxy) is 2. The van der Waals surface area contributed by atoms with Gasteiger partial charge in [-0.15, -0.1) is 0 Å². The van der Waals surface area contributed by atoms with E-state index in [-0.39, 0.29) is 49.4 Å². The topological polar surface area (TPSA) is 187 Å². The van der Waals surface area contributed by atoms with E-state index in [0.29, 0.717) is 46.1 Å². The summed E-state index contributed by atoms with van der Waals surface area (Å²) < 4.78 is 85.2. The SMILES string of the molecule is COc1cc(N2CCN(C3CCC(Oc4ccc(-c5cnc6[nH]cc(C(=O)c7c(F)ccc(NS(=O)(=O)N8CC[C@@H](F)C8)c7F)c6c5)cc4)CC3)CC2)cc2c1C(=O)N(C1CCC(=O)NC1=O)C2. The van der Waals surface area contributed by atoms with Gasteiger partial charge in [-0.1, -0.05) is 12.1 Å². The van der Waals surface area contributed by atoms with Crippen molar-refractivity contribution in [2.45, 2.75) is 75.8 Å². The Labute approximate surface area is 389 Å². The molecule has 2 aromatic heterocycles. The van der Waals surface area contributed by atoms with Gasteiger partial charge in [0.1, 0.15) is 35.2 Å². The van der Waals surface area contributed by atoms with E-state index in [2.05, 4.69) is 25.1 Å². The fraction of sp³-hybridized carbons (Fsp3) is 0.396. The number of nitrogens with zero attached hydrogens (tertiary/aromatic N) is 5. The highest BCUT2D eigenvalue weighted by Crippen LogP contribution is 2.39. The number of amides is 3. The van der Waals surface area contributed by atoms with Crippen LogP contribution >= 0.6 is 0 Å². The number of hydrogen-bond acceptors (Lipinski definition) is 11. The second-order valence-electron chi connectivity index (χ2n) is 18.0. The lowest BCUT2D eigenvalue weighted by molar-refractivity contribution is -0.136. The Kier molecular flexibility index (Phi) is 12.1. The Morgan fingerprint density at radius 1 is 0.897 bits per heavy atom. The number of benzene rings is 3. The molecule has 4 aliphatic heterocycles. The van der Waals surface area contributed by atoms with Gasteiger partial charge in [0.2, 0.25) is 17.6 Å². The third kappa shape index (κ3) is 8.64. The lowest BCUT2D eigenvalue weighted by Crippen LogP contribution is -2.52. The Hall–Kier alpha value is -6.51. The summed E-state index contributed by atoms with van der Waals surface area (Å²) in [6.45, 7) is 3.16. The van der Waals surface area contributed by atoms with Crippen LogP contribution < -0.4 is 24.4 Å². The van der Waals surface area contributed by atoms with Gasteiger partial charge in [0.25, 0.3) is 5.91 Å². The van der Waals surface area contributed by atoms with E-state index in [9.17, 15) is 32.0 Å². The third-order valence-electron chi connectivity index (χ3n) is 13.9. The van der Waals surface area contributed by atoms with Crippen LogP contribution in [0.25, 0.3) is 22.2 Å². The standard InChI is InChI=1S/C48H49F3N8O8S/c1-66-40-22-32(20-29-25-59(48(63)42(29)40)39-12-13-41(60)54-47(39)62)57-18-16-56(17-19-57)31-4-8-34(9-5-31)67-33-6-2-27(3-7-33)28-21-35-36(24-53-46(35)52-23-28)45(61)43-37(50)10-11-38(44(43)51)55-68(64,65)58-15-14-30(49)26-58/h2-3,6-7,10-11,20-24,30-31,34,39,55H,4-5,8-9,12-19,25-26H2,1H3,(H,52,53)(H,54,60,62)/t30-,31?,34?,39?/m1/s1. The summed E-state index contributed by atoms with van der Waals surface area (Å²) in [4.78, 5) is 65.2. The number of halogens is 3. The van der Waals surface area contributed by atoms with Crippen molar-refractivity contribution in [2.75, 3.05) is 56.0 Å². The van der Waals surface area contributed by atoms with Gasteiger partial charge >= 0.3 is 10.2 Å². The summed E-state index contributed by atoms with van der Waals surface area (Å²) in [5.74, 6) is -3.44. The molecule has 10 rings (SSSR count). The zero-order valence-electron chi connectivity index (χ0n) is 37.1. The quantitative estimate of drug-likeness (QED) is 0.103. The molecule has 1 unspecified atom stereocenters. The molecule has 0 radical (unpaired) electrons. The minimum absolute atomic E-state index is 0.00286. The number of H-pyrrole nitrogens is 1. The molecule has 2 atom stereocenters. The summed E-state index contributed by atoms with van der Waals surface area (Å²) in [7, 11) is -2.82. The van der Waals surface area contributed by atoms with Crippen molar-refractivity contribution in [3.63, 3.8) is 0 Å². The molecule has 356 valence electrons. The first-order valence-corrected chi connectivity index (χ1v) is 24.2. The number of pyridine rings is 1. The number of fused-ring (bicyclic) bond motifs is 2. The zero-order chi connectivity index (χ0) is 47.4. The molecule has 3 amide bonds. The van der Waals surface area contributed by atoms with Gasteiger partial charge in [-0.3, -0.25) is 34.1 Å². The number of alkyl halides is 1. The van der Waals surface area contributed by atoms with Crippen LogP contribution in [0.2, 0.25) is 0 Å². The Morgan fingerprint density at radius 2 is 1.66 bits per heavy atom. The van der Waals surface area contributed by atoms with E-state index in [0.717, 1.165) is 85.1 Å². The third-order valence-corrected chi connectivity index (χ3v) is 15.4. The first kappa shape index (κ1) is 45.3. The van der Waals surface area contributed by atoms with Gasteiger partial charge in [0, 0.05) is 98.9 Å². The second-order valence-corrected chi connectivity index (χ2v) is 19.6. The normalized spacial score (nSPS) is 22.7. The number of methoxy groups -OCH3 is 1. The van der Waals surface area contributed by atoms with Crippen molar-refractivity contribution in [3.05, 3.63) is 101 Å². The predicted octanol–water partition coefficient (Wildman–Crippen LogP) is 5.72. The lowest BCUT2D eigenvalue weighted by Gasteiger charge is -2.42. The van der Waals surface area contributed by atoms with Crippen molar-refractivity contribution >= 4 is 56.1 Å². The van der Waals surface area contributed by atoms with E-state index < -0.39 is 63.5 Å². The van der Waals surface area contributed by atoms with Gasteiger partial charge < -0.3 is 24.3 Å². The van der Waals surface area contributed by atoms with Crippen LogP contribution in [0, 0.1) is 11.6 Å². The minimum atomic E-state index is -4.37. The minimum Gasteiger partial charge on any atom is -0.496 e. The maximum absolute atomic E-state index is 15.8. The molecule has 3 saturated heterocycles. The number of carbonyl (C=O) groups excluding carboxylic acids is 4. The number of rotatable bonds is 12. The number of piperazine rings is 1. The number of imide groups is 1. The average Bonchev–Trinajstić information content (AvgIpc) is 4.07. The number of ketones is 1. The molecule has 1 aliphatic carbocycles. The van der Waals surface area contributed by atoms with Crippen molar-refractivity contribution in [3.8, 4) is 22.6 Å². The lowest BCUT2D eigenvalue weighted by atomic mass is 9.91. The predicted molar refractivity (Wildman–Crippen MR) is 244 cm³/mol. The summed E-state index contributed by atoms with van der Waals surface area (Å²) in [5, 5.41) is 2.66. The fourth-order valence-electron chi connectivity index (χ4n) is 10.2. The molecule has 3 N–H and O–H groups in total. The van der Waals surface area contributed by atoms with Gasteiger partial charge in [-0.25, -0.2) is 18.2 Å². The average molecular weight is 955 g/mol. The monoisotopic (exact) mass is 954 g/mol. The van der Waals surface area contributed by atoms with Crippen LogP contribution in [0.5, 0.6) is 11.5 Å². The van der Waals surface area contributed by atoms with E-state index in [4.69, 9.17) is 9.47 Å². The number of aromatic amines is 1. The van der Waals surface area contributed by atoms with Crippen molar-refractivity contribution in [1.82, 2.24) is 29.4 Å². The molecule has 16 nitrogen and oxygen atoms in total. The van der Waals surface area contributed by atoms with Crippen molar-refractivity contribution in [1.29, 1.82) is 0 Å². The molecule has 0 bridgehead atoms. The van der Waals surface area contributed by atoms with E-state index in [1.807, 2.05) is 41.1 Å². The van der Waals surface area contributed by atoms with E-state index in [1.54, 1.807) is 24.3 Å². The summed E-state index contributed by atoms with van der Waals surface area (Å²) in [6.07, 6.45) is 5.86. The fourth-order valence-corrected chi connectivity index (χ4v) is 11.5. The van der Waals surface area contributed by atoms with Crippen LogP contribution in [0.3, 0.4) is 0 Å². The largest absolute Gasteiger partial charge is 0.496 e. The van der Waals surface area contributed by atoms with Crippen LogP contribution in [0.1, 0.15) is 76.8 Å². The number of piperidine rings is 1. The van der Waals surface area contributed by atoms with Crippen molar-refractivity contribution in [2.24, 2.45) is 0 Å². The highest BCUT2D eigenvalue weighted by molar-refractivity contribution is 7.90. The van der Waals surface area contributed by atoms with Crippen molar-refractivity contribution < 1.29 is 50.2 Å². The summed E-state index contributed by atoms with van der Waals surface area (Å²) >= 11 is 0. The highest BCUT2D eigenvalue weighted by atomic mass is 32.2. The molecule has 1 saturated carbocycles. The van der Waals surface area contributed by atoms with Crippen LogP contribution in [-0.2, 0) is 26.3 Å². The van der Waals surface area contributed by atoms with Gasteiger partial charge in [0.05, 0.1) is 30.0 Å². The molecule has 5 aliphatic rings. The molecule has 5 aromatic rings. The molecule has 68 heavy (non-hydrogen) atoms.